The Bertz CT molecular complexity index is 418. The highest BCUT2D eigenvalue weighted by Gasteiger charge is 2.04. The van der Waals surface area contributed by atoms with Crippen molar-refractivity contribution in [2.45, 2.75) is 13.8 Å². The van der Waals surface area contributed by atoms with Gasteiger partial charge in [0.25, 0.3) is 5.56 Å². The third-order valence-corrected chi connectivity index (χ3v) is 1.67. The van der Waals surface area contributed by atoms with Crippen molar-refractivity contribution < 1.29 is 0 Å². The van der Waals surface area contributed by atoms with Crippen molar-refractivity contribution in [2.24, 2.45) is 5.92 Å². The second-order valence-corrected chi connectivity index (χ2v) is 3.47. The Morgan fingerprint density at radius 3 is 2.57 bits per heavy atom. The number of H-pyrrole nitrogens is 2. The summed E-state index contributed by atoms with van der Waals surface area (Å²) in [7, 11) is 0. The monoisotopic (exact) mass is 198 g/mol. The lowest BCUT2D eigenvalue weighted by atomic mass is 10.2. The van der Waals surface area contributed by atoms with E-state index in [1.165, 1.54) is 0 Å². The lowest BCUT2D eigenvalue weighted by Gasteiger charge is -2.09. The lowest BCUT2D eigenvalue weighted by Crippen LogP contribution is -2.27. The van der Waals surface area contributed by atoms with E-state index in [-0.39, 0.29) is 11.5 Å². The fraction of sp³-hybridized carbons (Fsp3) is 0.500. The van der Waals surface area contributed by atoms with Crippen molar-refractivity contribution in [3.8, 4) is 0 Å². The quantitative estimate of drug-likeness (QED) is 0.536. The highest BCUT2D eigenvalue weighted by atomic mass is 16.2. The summed E-state index contributed by atoms with van der Waals surface area (Å²) in [6, 6.07) is 0. The van der Waals surface area contributed by atoms with Crippen molar-refractivity contribution in [3.63, 3.8) is 0 Å². The maximum atomic E-state index is 11.1. The molecule has 6 heteroatoms. The van der Waals surface area contributed by atoms with Crippen molar-refractivity contribution in [2.75, 3.05) is 17.6 Å². The van der Waals surface area contributed by atoms with Crippen molar-refractivity contribution in [1.82, 2.24) is 9.97 Å². The van der Waals surface area contributed by atoms with Crippen molar-refractivity contribution in [1.29, 1.82) is 0 Å². The zero-order valence-electron chi connectivity index (χ0n) is 8.18. The lowest BCUT2D eigenvalue weighted by molar-refractivity contribution is 0.686. The fourth-order valence-corrected chi connectivity index (χ4v) is 0.942. The van der Waals surface area contributed by atoms with E-state index in [2.05, 4.69) is 10.3 Å². The molecule has 0 atom stereocenters. The summed E-state index contributed by atoms with van der Waals surface area (Å²) in [6.45, 7) is 4.66. The molecule has 14 heavy (non-hydrogen) atoms. The topological polar surface area (TPSA) is 104 Å². The van der Waals surface area contributed by atoms with Crippen LogP contribution in [0.15, 0.2) is 9.59 Å². The largest absolute Gasteiger partial charge is 0.391 e. The predicted octanol–water partition coefficient (Wildman–Crippen LogP) is -0.287. The number of aromatic nitrogens is 2. The number of nitrogens with two attached hydrogens (primary N) is 1. The van der Waals surface area contributed by atoms with Crippen LogP contribution in [0.5, 0.6) is 0 Å². The molecule has 0 aliphatic heterocycles. The third kappa shape index (κ3) is 2.38. The Morgan fingerprint density at radius 1 is 1.36 bits per heavy atom. The van der Waals surface area contributed by atoms with Gasteiger partial charge in [0.1, 0.15) is 11.5 Å². The van der Waals surface area contributed by atoms with Crippen LogP contribution in [0, 0.1) is 5.92 Å². The van der Waals surface area contributed by atoms with Gasteiger partial charge < -0.3 is 11.1 Å². The Balaban J connectivity index is 2.97. The molecule has 0 fully saturated rings. The van der Waals surface area contributed by atoms with Crippen LogP contribution in [-0.2, 0) is 0 Å². The minimum Gasteiger partial charge on any atom is -0.391 e. The van der Waals surface area contributed by atoms with E-state index in [1.54, 1.807) is 0 Å². The SMILES string of the molecule is CC(C)CNc1[nH]c(=O)[nH]c(=O)c1N. The van der Waals surface area contributed by atoms with E-state index < -0.39 is 11.2 Å². The van der Waals surface area contributed by atoms with Gasteiger partial charge in [-0.2, -0.15) is 0 Å². The minimum atomic E-state index is -0.569. The maximum Gasteiger partial charge on any atom is 0.327 e. The summed E-state index contributed by atoms with van der Waals surface area (Å²) in [5, 5.41) is 2.89. The summed E-state index contributed by atoms with van der Waals surface area (Å²) in [5.41, 5.74) is 4.34. The van der Waals surface area contributed by atoms with Gasteiger partial charge in [-0.25, -0.2) is 4.79 Å². The second-order valence-electron chi connectivity index (χ2n) is 3.47. The van der Waals surface area contributed by atoms with Crippen LogP contribution in [0.2, 0.25) is 0 Å². The second kappa shape index (κ2) is 3.99. The molecule has 1 rings (SSSR count). The van der Waals surface area contributed by atoms with Gasteiger partial charge in [0.2, 0.25) is 0 Å². The van der Waals surface area contributed by atoms with Crippen molar-refractivity contribution in [3.05, 3.63) is 20.8 Å². The van der Waals surface area contributed by atoms with Crippen LogP contribution in [0.25, 0.3) is 0 Å². The molecule has 6 nitrogen and oxygen atoms in total. The van der Waals surface area contributed by atoms with Crippen LogP contribution >= 0.6 is 0 Å². The Morgan fingerprint density at radius 2 is 2.00 bits per heavy atom. The first kappa shape index (κ1) is 10.4. The van der Waals surface area contributed by atoms with E-state index in [0.29, 0.717) is 12.5 Å². The Labute approximate surface area is 80.5 Å². The molecule has 0 aromatic carbocycles. The molecule has 0 bridgehead atoms. The molecule has 0 saturated heterocycles. The molecule has 0 amide bonds. The maximum absolute atomic E-state index is 11.1. The first-order valence-electron chi connectivity index (χ1n) is 4.36. The normalized spacial score (nSPS) is 10.5. The zero-order chi connectivity index (χ0) is 10.7. The van der Waals surface area contributed by atoms with Gasteiger partial charge in [-0.15, -0.1) is 0 Å². The first-order chi connectivity index (χ1) is 6.50. The van der Waals surface area contributed by atoms with Gasteiger partial charge in [-0.05, 0) is 5.92 Å². The smallest absolute Gasteiger partial charge is 0.327 e. The third-order valence-electron chi connectivity index (χ3n) is 1.67. The number of rotatable bonds is 3. The number of hydrogen-bond donors (Lipinski definition) is 4. The summed E-state index contributed by atoms with van der Waals surface area (Å²) >= 11 is 0. The number of nitrogens with one attached hydrogen (secondary N) is 3. The van der Waals surface area contributed by atoms with Gasteiger partial charge in [0.15, 0.2) is 0 Å². The Kier molecular flexibility index (Phi) is 2.95. The Hall–Kier alpha value is -1.72. The molecule has 5 N–H and O–H groups in total. The fourth-order valence-electron chi connectivity index (χ4n) is 0.942. The zero-order valence-corrected chi connectivity index (χ0v) is 8.18. The average molecular weight is 198 g/mol. The number of hydrogen-bond acceptors (Lipinski definition) is 4. The standard InChI is InChI=1S/C8H14N4O2/c1-4(2)3-10-6-5(9)7(13)12-8(14)11-6/h4H,3,9H2,1-2H3,(H3,10,11,12,13,14). The molecule has 0 saturated carbocycles. The van der Waals surface area contributed by atoms with Crippen LogP contribution in [0.1, 0.15) is 13.8 Å². The molecule has 0 aliphatic carbocycles. The van der Waals surface area contributed by atoms with Gasteiger partial charge in [-0.3, -0.25) is 14.8 Å². The van der Waals surface area contributed by atoms with Gasteiger partial charge in [0, 0.05) is 6.54 Å². The molecule has 0 aliphatic rings. The average Bonchev–Trinajstić information content (AvgIpc) is 2.08. The van der Waals surface area contributed by atoms with Crippen LogP contribution in [-0.4, -0.2) is 16.5 Å². The van der Waals surface area contributed by atoms with Gasteiger partial charge >= 0.3 is 5.69 Å². The summed E-state index contributed by atoms with van der Waals surface area (Å²) in [6.07, 6.45) is 0. The molecule has 1 heterocycles. The summed E-state index contributed by atoms with van der Waals surface area (Å²) < 4.78 is 0. The highest BCUT2D eigenvalue weighted by molar-refractivity contribution is 5.58. The molecule has 1 aromatic heterocycles. The molecular weight excluding hydrogens is 184 g/mol. The van der Waals surface area contributed by atoms with E-state index >= 15 is 0 Å². The highest BCUT2D eigenvalue weighted by Crippen LogP contribution is 2.06. The predicted molar refractivity (Wildman–Crippen MR) is 55.4 cm³/mol. The molecule has 0 unspecified atom stereocenters. The molecule has 1 aromatic rings. The van der Waals surface area contributed by atoms with E-state index in [0.717, 1.165) is 0 Å². The first-order valence-corrected chi connectivity index (χ1v) is 4.36. The van der Waals surface area contributed by atoms with Crippen LogP contribution in [0.4, 0.5) is 11.5 Å². The van der Waals surface area contributed by atoms with E-state index in [9.17, 15) is 9.59 Å². The summed E-state index contributed by atoms with van der Waals surface area (Å²) in [5.74, 6) is 0.685. The minimum absolute atomic E-state index is 0.00486. The summed E-state index contributed by atoms with van der Waals surface area (Å²) in [4.78, 5) is 26.4. The number of nitrogen functional groups attached to an aromatic ring is 1. The van der Waals surface area contributed by atoms with Crippen molar-refractivity contribution >= 4 is 11.5 Å². The number of anilines is 2. The number of aromatic amines is 2. The molecule has 78 valence electrons. The van der Waals surface area contributed by atoms with E-state index in [4.69, 9.17) is 5.73 Å². The van der Waals surface area contributed by atoms with Gasteiger partial charge in [-0.1, -0.05) is 13.8 Å². The molecular formula is C8H14N4O2. The van der Waals surface area contributed by atoms with Crippen LogP contribution < -0.4 is 22.3 Å². The van der Waals surface area contributed by atoms with Gasteiger partial charge in [0.05, 0.1) is 0 Å². The van der Waals surface area contributed by atoms with E-state index in [1.807, 2.05) is 18.8 Å². The van der Waals surface area contributed by atoms with Crippen LogP contribution in [0.3, 0.4) is 0 Å². The molecule has 0 radical (unpaired) electrons. The molecule has 0 spiro atoms.